The van der Waals surface area contributed by atoms with E-state index >= 15 is 0 Å². The first-order chi connectivity index (χ1) is 8.08. The second kappa shape index (κ2) is 5.16. The zero-order valence-electron chi connectivity index (χ0n) is 9.99. The summed E-state index contributed by atoms with van der Waals surface area (Å²) in [4.78, 5) is 2.56. The van der Waals surface area contributed by atoms with Crippen LogP contribution >= 0.6 is 23.1 Å². The monoisotopic (exact) mass is 269 g/mol. The van der Waals surface area contributed by atoms with Gasteiger partial charge in [0.2, 0.25) is 5.16 Å². The molecule has 2 rings (SSSR count). The highest BCUT2D eigenvalue weighted by Gasteiger charge is 2.21. The number of rotatable bonds is 4. The minimum absolute atomic E-state index is 0.0507. The summed E-state index contributed by atoms with van der Waals surface area (Å²) in [5.41, 5.74) is 6.05. The van der Waals surface area contributed by atoms with E-state index in [0.29, 0.717) is 0 Å². The van der Waals surface area contributed by atoms with Gasteiger partial charge in [0.15, 0.2) is 0 Å². The standard InChI is InChI=1S/C10H15N5S2/c1-6-4-5-8(16-6)9(7(2)11)17-10-12-13-14-15(10)3/h4-5,7,9H,11H2,1-3H3. The van der Waals surface area contributed by atoms with Crippen molar-refractivity contribution in [1.82, 2.24) is 20.2 Å². The summed E-state index contributed by atoms with van der Waals surface area (Å²) < 4.78 is 1.67. The van der Waals surface area contributed by atoms with E-state index in [-0.39, 0.29) is 11.3 Å². The Kier molecular flexibility index (Phi) is 3.80. The molecule has 2 atom stereocenters. The Balaban J connectivity index is 2.22. The van der Waals surface area contributed by atoms with E-state index in [1.165, 1.54) is 9.75 Å². The van der Waals surface area contributed by atoms with Crippen LogP contribution < -0.4 is 5.73 Å². The van der Waals surface area contributed by atoms with Crippen molar-refractivity contribution >= 4 is 23.1 Å². The maximum absolute atomic E-state index is 6.05. The zero-order chi connectivity index (χ0) is 12.4. The molecule has 2 N–H and O–H groups in total. The first-order valence-electron chi connectivity index (χ1n) is 5.29. The predicted molar refractivity (Wildman–Crippen MR) is 70.1 cm³/mol. The fraction of sp³-hybridized carbons (Fsp3) is 0.500. The summed E-state index contributed by atoms with van der Waals surface area (Å²) in [5, 5.41) is 12.4. The number of nitrogens with two attached hydrogens (primary N) is 1. The molecule has 0 radical (unpaired) electrons. The molecular weight excluding hydrogens is 254 g/mol. The topological polar surface area (TPSA) is 69.6 Å². The van der Waals surface area contributed by atoms with Crippen LogP contribution in [-0.4, -0.2) is 26.2 Å². The number of hydrogen-bond donors (Lipinski definition) is 1. The van der Waals surface area contributed by atoms with Gasteiger partial charge in [-0.05, 0) is 36.4 Å². The third-order valence-electron chi connectivity index (χ3n) is 2.33. The van der Waals surface area contributed by atoms with Gasteiger partial charge >= 0.3 is 0 Å². The quantitative estimate of drug-likeness (QED) is 0.856. The van der Waals surface area contributed by atoms with Gasteiger partial charge in [0.25, 0.3) is 0 Å². The maximum atomic E-state index is 6.05. The molecule has 0 aromatic carbocycles. The number of thioether (sulfide) groups is 1. The van der Waals surface area contributed by atoms with Crippen LogP contribution in [0, 0.1) is 6.92 Å². The average molecular weight is 269 g/mol. The third kappa shape index (κ3) is 2.85. The number of aromatic nitrogens is 4. The lowest BCUT2D eigenvalue weighted by molar-refractivity contribution is 0.658. The van der Waals surface area contributed by atoms with E-state index in [9.17, 15) is 0 Å². The fourth-order valence-corrected chi connectivity index (χ4v) is 3.64. The number of nitrogens with zero attached hydrogens (tertiary/aromatic N) is 4. The van der Waals surface area contributed by atoms with Gasteiger partial charge in [-0.25, -0.2) is 4.68 Å². The molecule has 2 heterocycles. The van der Waals surface area contributed by atoms with Crippen LogP contribution in [0.4, 0.5) is 0 Å². The highest BCUT2D eigenvalue weighted by molar-refractivity contribution is 7.99. The van der Waals surface area contributed by atoms with Crippen LogP contribution in [0.15, 0.2) is 17.3 Å². The van der Waals surface area contributed by atoms with Gasteiger partial charge in [0.05, 0.1) is 5.25 Å². The van der Waals surface area contributed by atoms with Crippen LogP contribution in [0.3, 0.4) is 0 Å². The average Bonchev–Trinajstić information content (AvgIpc) is 2.84. The van der Waals surface area contributed by atoms with Crippen molar-refractivity contribution in [2.24, 2.45) is 12.8 Å². The molecule has 0 bridgehead atoms. The first kappa shape index (κ1) is 12.5. The summed E-state index contributed by atoms with van der Waals surface area (Å²) in [6, 6.07) is 4.30. The van der Waals surface area contributed by atoms with Crippen molar-refractivity contribution in [2.75, 3.05) is 0 Å². The smallest absolute Gasteiger partial charge is 0.209 e. The van der Waals surface area contributed by atoms with Crippen LogP contribution in [-0.2, 0) is 7.05 Å². The lowest BCUT2D eigenvalue weighted by Crippen LogP contribution is -2.22. The summed E-state index contributed by atoms with van der Waals surface area (Å²) in [5.74, 6) is 0. The molecule has 5 nitrogen and oxygen atoms in total. The Morgan fingerprint density at radius 1 is 1.47 bits per heavy atom. The summed E-state index contributed by atoms with van der Waals surface area (Å²) in [7, 11) is 1.83. The molecule has 17 heavy (non-hydrogen) atoms. The van der Waals surface area contributed by atoms with Crippen molar-refractivity contribution in [3.8, 4) is 0 Å². The second-order valence-electron chi connectivity index (χ2n) is 3.93. The van der Waals surface area contributed by atoms with E-state index in [1.807, 2.05) is 14.0 Å². The van der Waals surface area contributed by atoms with E-state index in [0.717, 1.165) is 5.16 Å². The number of aryl methyl sites for hydroxylation is 2. The van der Waals surface area contributed by atoms with Gasteiger partial charge < -0.3 is 5.73 Å². The molecule has 2 unspecified atom stereocenters. The highest BCUT2D eigenvalue weighted by atomic mass is 32.2. The Hall–Kier alpha value is -0.920. The highest BCUT2D eigenvalue weighted by Crippen LogP contribution is 2.38. The Labute approximate surface area is 108 Å². The van der Waals surface area contributed by atoms with Crippen LogP contribution in [0.1, 0.15) is 21.9 Å². The van der Waals surface area contributed by atoms with Crippen LogP contribution in [0.25, 0.3) is 0 Å². The molecule has 2 aromatic heterocycles. The molecule has 92 valence electrons. The molecule has 2 aromatic rings. The summed E-state index contributed by atoms with van der Waals surface area (Å²) in [6.07, 6.45) is 0. The molecule has 0 saturated carbocycles. The zero-order valence-corrected chi connectivity index (χ0v) is 11.6. The second-order valence-corrected chi connectivity index (χ2v) is 6.36. The number of tetrazole rings is 1. The van der Waals surface area contributed by atoms with Crippen molar-refractivity contribution in [2.45, 2.75) is 30.3 Å². The van der Waals surface area contributed by atoms with Crippen LogP contribution in [0.2, 0.25) is 0 Å². The lowest BCUT2D eigenvalue weighted by atomic mass is 10.2. The Morgan fingerprint density at radius 2 is 2.24 bits per heavy atom. The van der Waals surface area contributed by atoms with E-state index < -0.39 is 0 Å². The minimum Gasteiger partial charge on any atom is -0.327 e. The van der Waals surface area contributed by atoms with Crippen molar-refractivity contribution in [1.29, 1.82) is 0 Å². The van der Waals surface area contributed by atoms with Gasteiger partial charge in [0, 0.05) is 22.8 Å². The molecule has 0 aliphatic heterocycles. The molecule has 0 aliphatic carbocycles. The predicted octanol–water partition coefficient (Wildman–Crippen LogP) is 1.76. The molecule has 0 aliphatic rings. The minimum atomic E-state index is 0.0507. The van der Waals surface area contributed by atoms with E-state index in [1.54, 1.807) is 27.8 Å². The number of thiophene rings is 1. The fourth-order valence-electron chi connectivity index (χ4n) is 1.47. The van der Waals surface area contributed by atoms with Crippen LogP contribution in [0.5, 0.6) is 0 Å². The molecule has 0 saturated heterocycles. The van der Waals surface area contributed by atoms with Gasteiger partial charge in [-0.2, -0.15) is 0 Å². The van der Waals surface area contributed by atoms with E-state index in [4.69, 9.17) is 5.73 Å². The van der Waals surface area contributed by atoms with Crippen molar-refractivity contribution in [3.63, 3.8) is 0 Å². The SMILES string of the molecule is Cc1ccc(C(Sc2nnnn2C)C(C)N)s1. The van der Waals surface area contributed by atoms with Gasteiger partial charge in [-0.15, -0.1) is 16.4 Å². The lowest BCUT2D eigenvalue weighted by Gasteiger charge is -2.17. The molecule has 0 spiro atoms. The van der Waals surface area contributed by atoms with Crippen molar-refractivity contribution in [3.05, 3.63) is 21.9 Å². The Bertz CT molecular complexity index is 490. The third-order valence-corrected chi connectivity index (χ3v) is 5.06. The summed E-state index contributed by atoms with van der Waals surface area (Å²) in [6.45, 7) is 4.11. The number of hydrogen-bond acceptors (Lipinski definition) is 6. The van der Waals surface area contributed by atoms with Crippen molar-refractivity contribution < 1.29 is 0 Å². The normalized spacial score (nSPS) is 14.8. The van der Waals surface area contributed by atoms with E-state index in [2.05, 4.69) is 34.6 Å². The van der Waals surface area contributed by atoms with Gasteiger partial charge in [0.1, 0.15) is 0 Å². The van der Waals surface area contributed by atoms with Gasteiger partial charge in [-0.1, -0.05) is 11.8 Å². The van der Waals surface area contributed by atoms with Gasteiger partial charge in [-0.3, -0.25) is 0 Å². The molecule has 7 heteroatoms. The largest absolute Gasteiger partial charge is 0.327 e. The Morgan fingerprint density at radius 3 is 2.71 bits per heavy atom. The molecular formula is C10H15N5S2. The molecule has 0 amide bonds. The maximum Gasteiger partial charge on any atom is 0.209 e. The summed E-state index contributed by atoms with van der Waals surface area (Å²) >= 11 is 3.38. The first-order valence-corrected chi connectivity index (χ1v) is 6.98. The molecule has 0 fully saturated rings.